The molecule has 0 rings (SSSR count). The quantitative estimate of drug-likeness (QED) is 0.127. The number of carbonyl (C=O) groups is 6. The van der Waals surface area contributed by atoms with Crippen molar-refractivity contribution in [3.05, 3.63) is 0 Å². The summed E-state index contributed by atoms with van der Waals surface area (Å²) in [5.74, 6) is -11.2. The van der Waals surface area contributed by atoms with Gasteiger partial charge in [0.05, 0.1) is 30.4 Å². The molecule has 0 aromatic rings. The maximum absolute atomic E-state index is 11.8. The third-order valence-electron chi connectivity index (χ3n) is 3.93. The van der Waals surface area contributed by atoms with Crippen molar-refractivity contribution in [3.63, 3.8) is 0 Å². The molecule has 0 aromatic carbocycles. The van der Waals surface area contributed by atoms with Crippen LogP contribution in [0.3, 0.4) is 0 Å². The van der Waals surface area contributed by atoms with Crippen molar-refractivity contribution in [2.24, 2.45) is 11.5 Å². The van der Waals surface area contributed by atoms with Crippen LogP contribution < -0.4 is 11.5 Å². The molecular formula is C14H20N2O12S2. The normalized spacial score (nSPS) is 15.4. The maximum Gasteiger partial charge on any atom is 0.325 e. The van der Waals surface area contributed by atoms with Gasteiger partial charge in [0.1, 0.15) is 11.1 Å². The molecule has 0 aliphatic rings. The topological polar surface area (TPSA) is 276 Å². The Hall–Kier alpha value is -2.56. The third-order valence-corrected chi connectivity index (χ3v) is 7.31. The molecule has 2 unspecified atom stereocenters. The Bertz CT molecular complexity index is 728. The van der Waals surface area contributed by atoms with Crippen molar-refractivity contribution < 1.29 is 59.4 Å². The van der Waals surface area contributed by atoms with Crippen LogP contribution in [0.4, 0.5) is 0 Å². The Kier molecular flexibility index (Phi) is 9.57. The molecule has 0 aliphatic carbocycles. The molecule has 0 aromatic heterocycles. The van der Waals surface area contributed by atoms with Crippen LogP contribution >= 0.6 is 21.6 Å². The van der Waals surface area contributed by atoms with Crippen molar-refractivity contribution in [1.29, 1.82) is 0 Å². The highest BCUT2D eigenvalue weighted by Gasteiger charge is 2.58. The summed E-state index contributed by atoms with van der Waals surface area (Å²) in [6.07, 6.45) is -4.83. The van der Waals surface area contributed by atoms with E-state index in [-0.39, 0.29) is 10.8 Å². The molecule has 16 heteroatoms. The van der Waals surface area contributed by atoms with Gasteiger partial charge in [0, 0.05) is 5.75 Å². The van der Waals surface area contributed by atoms with E-state index in [1.54, 1.807) is 0 Å². The lowest BCUT2D eigenvalue weighted by Gasteiger charge is -2.42. The van der Waals surface area contributed by atoms with Crippen LogP contribution in [-0.2, 0) is 28.8 Å². The maximum atomic E-state index is 11.8. The lowest BCUT2D eigenvalue weighted by molar-refractivity contribution is -0.154. The number of nitrogens with two attached hydrogens (primary N) is 2. The van der Waals surface area contributed by atoms with Gasteiger partial charge in [-0.25, -0.2) is 0 Å². The van der Waals surface area contributed by atoms with Gasteiger partial charge in [0.2, 0.25) is 0 Å². The average Bonchev–Trinajstić information content (AvgIpc) is 2.51. The van der Waals surface area contributed by atoms with Crippen LogP contribution in [0, 0.1) is 0 Å². The van der Waals surface area contributed by atoms with Gasteiger partial charge in [-0.1, -0.05) is 21.6 Å². The van der Waals surface area contributed by atoms with E-state index in [9.17, 15) is 49.2 Å². The number of carboxylic acid groups (broad SMARTS) is 6. The molecular weight excluding hydrogens is 452 g/mol. The lowest BCUT2D eigenvalue weighted by atomic mass is 9.76. The van der Waals surface area contributed by atoms with Gasteiger partial charge in [-0.3, -0.25) is 28.8 Å². The van der Waals surface area contributed by atoms with Crippen LogP contribution in [0.1, 0.15) is 25.7 Å². The SMILES string of the molecule is NC(CSSC(CC(=O)O)(CC(=O)O)C(N)(CC(=O)O)C(=O)O)(CC(=O)O)C(=O)O. The van der Waals surface area contributed by atoms with E-state index in [4.69, 9.17) is 21.7 Å². The van der Waals surface area contributed by atoms with Gasteiger partial charge in [-0.2, -0.15) is 0 Å². The van der Waals surface area contributed by atoms with Crippen molar-refractivity contribution in [1.82, 2.24) is 0 Å². The predicted molar refractivity (Wildman–Crippen MR) is 101 cm³/mol. The van der Waals surface area contributed by atoms with Crippen LogP contribution in [-0.4, -0.2) is 88.0 Å². The summed E-state index contributed by atoms with van der Waals surface area (Å²) in [7, 11) is 0.601. The summed E-state index contributed by atoms with van der Waals surface area (Å²) in [6.45, 7) is 0. The van der Waals surface area contributed by atoms with Gasteiger partial charge in [0.15, 0.2) is 0 Å². The van der Waals surface area contributed by atoms with Crippen molar-refractivity contribution >= 4 is 57.4 Å². The molecule has 170 valence electrons. The average molecular weight is 472 g/mol. The highest BCUT2D eigenvalue weighted by molar-refractivity contribution is 8.77. The standard InChI is InChI=1S/C14H20N2O12S2/c15-12(10(25)26,1-6(17)18)5-29-30-13(2-7(19)20,3-8(21)22)14(16,11(27)28)4-9(23)24/h1-5,15-16H2,(H,17,18)(H,19,20)(H,21,22)(H,23,24)(H,25,26)(H,27,28). The summed E-state index contributed by atoms with van der Waals surface area (Å²) in [6, 6.07) is 0. The van der Waals surface area contributed by atoms with Gasteiger partial charge < -0.3 is 42.1 Å². The zero-order chi connectivity index (χ0) is 23.9. The monoisotopic (exact) mass is 472 g/mol. The van der Waals surface area contributed by atoms with E-state index < -0.39 is 83.1 Å². The first-order chi connectivity index (χ1) is 13.5. The van der Waals surface area contributed by atoms with Crippen LogP contribution in [0.15, 0.2) is 0 Å². The molecule has 0 fully saturated rings. The van der Waals surface area contributed by atoms with E-state index in [0.717, 1.165) is 0 Å². The highest BCUT2D eigenvalue weighted by Crippen LogP contribution is 2.49. The van der Waals surface area contributed by atoms with Gasteiger partial charge in [0.25, 0.3) is 0 Å². The Labute approximate surface area is 176 Å². The van der Waals surface area contributed by atoms with Gasteiger partial charge in [-0.05, 0) is 0 Å². The molecule has 0 amide bonds. The van der Waals surface area contributed by atoms with Gasteiger partial charge in [-0.15, -0.1) is 0 Å². The molecule has 0 aliphatic heterocycles. The zero-order valence-electron chi connectivity index (χ0n) is 15.1. The number of hydrogen-bond acceptors (Lipinski definition) is 10. The van der Waals surface area contributed by atoms with Crippen LogP contribution in [0.5, 0.6) is 0 Å². The summed E-state index contributed by atoms with van der Waals surface area (Å²) >= 11 is 0. The van der Waals surface area contributed by atoms with Crippen LogP contribution in [0.25, 0.3) is 0 Å². The Morgan fingerprint density at radius 1 is 0.633 bits per heavy atom. The highest BCUT2D eigenvalue weighted by atomic mass is 33.1. The molecule has 14 nitrogen and oxygen atoms in total. The Morgan fingerprint density at radius 3 is 1.33 bits per heavy atom. The second-order valence-electron chi connectivity index (χ2n) is 6.36. The first-order valence-corrected chi connectivity index (χ1v) is 10.1. The van der Waals surface area contributed by atoms with E-state index in [1.165, 1.54) is 0 Å². The Morgan fingerprint density at radius 2 is 1.03 bits per heavy atom. The number of rotatable bonds is 15. The van der Waals surface area contributed by atoms with Crippen molar-refractivity contribution in [3.8, 4) is 0 Å². The van der Waals surface area contributed by atoms with E-state index in [0.29, 0.717) is 10.8 Å². The van der Waals surface area contributed by atoms with Crippen molar-refractivity contribution in [2.45, 2.75) is 41.5 Å². The summed E-state index contributed by atoms with van der Waals surface area (Å²) in [5, 5.41) is 54.9. The van der Waals surface area contributed by atoms with E-state index in [2.05, 4.69) is 0 Å². The van der Waals surface area contributed by atoms with E-state index >= 15 is 0 Å². The number of carboxylic acids is 6. The molecule has 2 atom stereocenters. The fourth-order valence-electron chi connectivity index (χ4n) is 2.38. The first kappa shape index (κ1) is 27.4. The van der Waals surface area contributed by atoms with Crippen molar-refractivity contribution in [2.75, 3.05) is 5.75 Å². The molecule has 0 bridgehead atoms. The zero-order valence-corrected chi connectivity index (χ0v) is 16.8. The third kappa shape index (κ3) is 7.05. The first-order valence-electron chi connectivity index (χ1n) is 7.74. The molecule has 30 heavy (non-hydrogen) atoms. The molecule has 0 spiro atoms. The minimum Gasteiger partial charge on any atom is -0.481 e. The minimum absolute atomic E-state index is 0.224. The molecule has 0 radical (unpaired) electrons. The summed E-state index contributed by atoms with van der Waals surface area (Å²) in [5.41, 5.74) is 5.99. The van der Waals surface area contributed by atoms with E-state index in [1.807, 2.05) is 0 Å². The van der Waals surface area contributed by atoms with Gasteiger partial charge >= 0.3 is 35.8 Å². The number of hydrogen-bond donors (Lipinski definition) is 8. The molecule has 0 saturated carbocycles. The Balaban J connectivity index is 6.22. The second kappa shape index (κ2) is 10.5. The molecule has 0 saturated heterocycles. The lowest BCUT2D eigenvalue weighted by Crippen LogP contribution is -2.66. The predicted octanol–water partition coefficient (Wildman–Crippen LogP) is -1.43. The second-order valence-corrected chi connectivity index (χ2v) is 9.04. The summed E-state index contributed by atoms with van der Waals surface area (Å²) in [4.78, 5) is 67.9. The summed E-state index contributed by atoms with van der Waals surface area (Å²) < 4.78 is -2.47. The minimum atomic E-state index is -2.90. The largest absolute Gasteiger partial charge is 0.481 e. The number of aliphatic carboxylic acids is 6. The smallest absolute Gasteiger partial charge is 0.325 e. The fraction of sp³-hybridized carbons (Fsp3) is 0.571. The molecule has 0 heterocycles. The van der Waals surface area contributed by atoms with Crippen LogP contribution in [0.2, 0.25) is 0 Å². The fourth-order valence-corrected chi connectivity index (χ4v) is 6.05. The molecule has 10 N–H and O–H groups in total.